The van der Waals surface area contributed by atoms with E-state index in [9.17, 15) is 14.7 Å². The van der Waals surface area contributed by atoms with Gasteiger partial charge in [-0.1, -0.05) is 18.2 Å². The predicted octanol–water partition coefficient (Wildman–Crippen LogP) is 2.77. The van der Waals surface area contributed by atoms with Crippen LogP contribution in [0.25, 0.3) is 0 Å². The number of fused-ring (bicyclic) bond motifs is 1. The fraction of sp³-hybridized carbons (Fsp3) is 0.500. The summed E-state index contributed by atoms with van der Waals surface area (Å²) in [4.78, 5) is 36.9. The zero-order valence-corrected chi connectivity index (χ0v) is 18.9. The number of urea groups is 1. The Hall–Kier alpha value is -3.36. The highest BCUT2D eigenvalue weighted by atomic mass is 16.5. The van der Waals surface area contributed by atoms with E-state index in [4.69, 9.17) is 4.74 Å². The van der Waals surface area contributed by atoms with Crippen molar-refractivity contribution in [3.8, 4) is 5.75 Å². The molecule has 1 aromatic rings. The Balaban J connectivity index is 1.35. The van der Waals surface area contributed by atoms with Crippen LogP contribution in [0.15, 0.2) is 47.3 Å². The monoisotopic (exact) mass is 453 g/mol. The molecular weight excluding hydrogens is 422 g/mol. The average Bonchev–Trinajstić information content (AvgIpc) is 3.17. The van der Waals surface area contributed by atoms with Crippen molar-refractivity contribution in [2.75, 3.05) is 32.8 Å². The van der Waals surface area contributed by atoms with Crippen LogP contribution in [0, 0.1) is 0 Å². The van der Waals surface area contributed by atoms with Crippen LogP contribution in [-0.2, 0) is 4.79 Å². The number of aliphatic carboxylic acids is 1. The van der Waals surface area contributed by atoms with E-state index in [1.807, 2.05) is 11.8 Å². The molecule has 0 aromatic carbocycles. The maximum atomic E-state index is 13.1. The largest absolute Gasteiger partial charge is 0.492 e. The molecular formula is C24H31N5O4. The van der Waals surface area contributed by atoms with Crippen molar-refractivity contribution in [3.05, 3.63) is 47.8 Å². The van der Waals surface area contributed by atoms with Gasteiger partial charge < -0.3 is 25.0 Å². The lowest BCUT2D eigenvalue weighted by Gasteiger charge is -2.28. The van der Waals surface area contributed by atoms with Gasteiger partial charge in [0.15, 0.2) is 0 Å². The zero-order chi connectivity index (χ0) is 23.2. The fourth-order valence-electron chi connectivity index (χ4n) is 4.51. The highest BCUT2D eigenvalue weighted by Crippen LogP contribution is 2.30. The first kappa shape index (κ1) is 22.8. The van der Waals surface area contributed by atoms with E-state index in [1.165, 1.54) is 0 Å². The summed E-state index contributed by atoms with van der Waals surface area (Å²) in [7, 11) is 0. The molecule has 2 unspecified atom stereocenters. The lowest BCUT2D eigenvalue weighted by molar-refractivity contribution is -0.138. The first-order valence-electron chi connectivity index (χ1n) is 11.6. The van der Waals surface area contributed by atoms with Crippen molar-refractivity contribution in [2.24, 2.45) is 4.99 Å². The Morgan fingerprint density at radius 2 is 2.24 bits per heavy atom. The van der Waals surface area contributed by atoms with Gasteiger partial charge in [-0.25, -0.2) is 4.79 Å². The number of carbonyl (C=O) groups is 2. The number of aliphatic imine (C=N–C) groups is 1. The highest BCUT2D eigenvalue weighted by Gasteiger charge is 2.35. The first-order valence-corrected chi connectivity index (χ1v) is 11.6. The van der Waals surface area contributed by atoms with Crippen LogP contribution >= 0.6 is 0 Å². The topological polar surface area (TPSA) is 107 Å². The maximum absolute atomic E-state index is 13.1. The van der Waals surface area contributed by atoms with E-state index in [0.717, 1.165) is 37.2 Å². The summed E-state index contributed by atoms with van der Waals surface area (Å²) < 4.78 is 5.51. The number of nitrogens with one attached hydrogen (secondary N) is 1. The maximum Gasteiger partial charge on any atom is 0.320 e. The number of carboxylic acid groups (broad SMARTS) is 1. The minimum Gasteiger partial charge on any atom is -0.492 e. The van der Waals surface area contributed by atoms with E-state index in [2.05, 4.69) is 33.5 Å². The van der Waals surface area contributed by atoms with Gasteiger partial charge >= 0.3 is 12.0 Å². The summed E-state index contributed by atoms with van der Waals surface area (Å²) in [5, 5.41) is 12.9. The highest BCUT2D eigenvalue weighted by molar-refractivity contribution is 6.02. The normalized spacial score (nSPS) is 20.6. The number of aromatic nitrogens is 1. The SMILES string of the molecule is CCOc1cncc(C(CC(=O)O)N2CCN(CCCC3C=CC4=CCCN=C4N3)C2=O)c1. The Labute approximate surface area is 193 Å². The third kappa shape index (κ3) is 5.53. The van der Waals surface area contributed by atoms with Gasteiger partial charge in [0, 0.05) is 44.0 Å². The molecule has 9 heteroatoms. The van der Waals surface area contributed by atoms with Crippen LogP contribution in [0.5, 0.6) is 5.75 Å². The number of pyridine rings is 1. The molecule has 176 valence electrons. The summed E-state index contributed by atoms with van der Waals surface area (Å²) in [5.74, 6) is 0.585. The van der Waals surface area contributed by atoms with Crippen LogP contribution in [0.2, 0.25) is 0 Å². The average molecular weight is 454 g/mol. The standard InChI is InChI=1S/C24H31N5O4/c1-2-33-20-13-18(15-25-16-20)21(14-22(30)31)29-12-11-28(24(29)32)10-4-6-19-8-7-17-5-3-9-26-23(17)27-19/h5,7-8,13,15-16,19,21H,2-4,6,9-12,14H2,1H3,(H,26,27)(H,30,31). The Morgan fingerprint density at radius 3 is 3.06 bits per heavy atom. The zero-order valence-electron chi connectivity index (χ0n) is 18.9. The van der Waals surface area contributed by atoms with E-state index in [0.29, 0.717) is 37.6 Å². The molecule has 3 aliphatic heterocycles. The number of carbonyl (C=O) groups excluding carboxylic acids is 1. The minimum atomic E-state index is -0.956. The van der Waals surface area contributed by atoms with E-state index < -0.39 is 12.0 Å². The van der Waals surface area contributed by atoms with Crippen molar-refractivity contribution >= 4 is 17.8 Å². The molecule has 2 N–H and O–H groups in total. The smallest absolute Gasteiger partial charge is 0.320 e. The van der Waals surface area contributed by atoms with Crippen molar-refractivity contribution in [1.29, 1.82) is 0 Å². The molecule has 4 rings (SSSR count). The van der Waals surface area contributed by atoms with Gasteiger partial charge in [0.05, 0.1) is 25.3 Å². The van der Waals surface area contributed by atoms with Crippen LogP contribution in [0.1, 0.15) is 44.2 Å². The molecule has 2 atom stereocenters. The molecule has 9 nitrogen and oxygen atoms in total. The molecule has 0 spiro atoms. The third-order valence-electron chi connectivity index (χ3n) is 6.11. The lowest BCUT2D eigenvalue weighted by Crippen LogP contribution is -2.39. The van der Waals surface area contributed by atoms with Crippen molar-refractivity contribution in [1.82, 2.24) is 20.1 Å². The van der Waals surface area contributed by atoms with E-state index in [-0.39, 0.29) is 18.5 Å². The second-order valence-electron chi connectivity index (χ2n) is 8.39. The van der Waals surface area contributed by atoms with E-state index in [1.54, 1.807) is 23.4 Å². The molecule has 0 saturated carbocycles. The van der Waals surface area contributed by atoms with Gasteiger partial charge in [-0.2, -0.15) is 0 Å². The van der Waals surface area contributed by atoms with Gasteiger partial charge in [0.25, 0.3) is 0 Å². The fourth-order valence-corrected chi connectivity index (χ4v) is 4.51. The second kappa shape index (κ2) is 10.5. The van der Waals surface area contributed by atoms with Crippen molar-refractivity contribution in [2.45, 2.75) is 44.7 Å². The van der Waals surface area contributed by atoms with Crippen molar-refractivity contribution in [3.63, 3.8) is 0 Å². The summed E-state index contributed by atoms with van der Waals surface area (Å²) in [6.45, 7) is 4.89. The molecule has 1 saturated heterocycles. The minimum absolute atomic E-state index is 0.128. The number of hydrogen-bond acceptors (Lipinski definition) is 6. The summed E-state index contributed by atoms with van der Waals surface area (Å²) in [6.07, 6.45) is 12.2. The molecule has 4 heterocycles. The number of amidine groups is 1. The van der Waals surface area contributed by atoms with Crippen LogP contribution < -0.4 is 10.1 Å². The number of amides is 2. The number of hydrogen-bond donors (Lipinski definition) is 2. The number of nitrogens with zero attached hydrogens (tertiary/aromatic N) is 4. The molecule has 1 aromatic heterocycles. The third-order valence-corrected chi connectivity index (χ3v) is 6.11. The van der Waals surface area contributed by atoms with Gasteiger partial charge in [-0.15, -0.1) is 0 Å². The molecule has 3 aliphatic rings. The quantitative estimate of drug-likeness (QED) is 0.564. The number of carboxylic acids is 1. The molecule has 0 bridgehead atoms. The number of rotatable bonds is 10. The summed E-state index contributed by atoms with van der Waals surface area (Å²) in [6, 6.07) is 1.28. The van der Waals surface area contributed by atoms with Crippen LogP contribution in [0.3, 0.4) is 0 Å². The summed E-state index contributed by atoms with van der Waals surface area (Å²) in [5.41, 5.74) is 1.84. The first-order chi connectivity index (χ1) is 16.0. The van der Waals surface area contributed by atoms with Gasteiger partial charge in [-0.3, -0.25) is 14.8 Å². The second-order valence-corrected chi connectivity index (χ2v) is 8.39. The Bertz CT molecular complexity index is 973. The number of dihydropyridines is 1. The van der Waals surface area contributed by atoms with Gasteiger partial charge in [-0.05, 0) is 37.8 Å². The molecule has 0 aliphatic carbocycles. The van der Waals surface area contributed by atoms with Crippen molar-refractivity contribution < 1.29 is 19.4 Å². The lowest BCUT2D eigenvalue weighted by atomic mass is 10.0. The summed E-state index contributed by atoms with van der Waals surface area (Å²) >= 11 is 0. The van der Waals surface area contributed by atoms with Gasteiger partial charge in [0.2, 0.25) is 0 Å². The van der Waals surface area contributed by atoms with Crippen LogP contribution in [0.4, 0.5) is 4.79 Å². The number of ether oxygens (including phenoxy) is 1. The Kier molecular flexibility index (Phi) is 7.26. The molecule has 1 fully saturated rings. The Morgan fingerprint density at radius 1 is 1.36 bits per heavy atom. The molecule has 2 amide bonds. The molecule has 33 heavy (non-hydrogen) atoms. The van der Waals surface area contributed by atoms with E-state index >= 15 is 0 Å². The van der Waals surface area contributed by atoms with Gasteiger partial charge in [0.1, 0.15) is 11.6 Å². The van der Waals surface area contributed by atoms with Crippen LogP contribution in [-0.4, -0.2) is 76.6 Å². The predicted molar refractivity (Wildman–Crippen MR) is 124 cm³/mol. The molecule has 0 radical (unpaired) electrons.